The zero-order valence-electron chi connectivity index (χ0n) is 24.9. The van der Waals surface area contributed by atoms with Gasteiger partial charge in [-0.15, -0.1) is 11.3 Å². The first kappa shape index (κ1) is 30.8. The number of anilines is 1. The Morgan fingerprint density at radius 2 is 1.78 bits per heavy atom. The normalized spacial score (nSPS) is 15.1. The number of nitrogens with zero attached hydrogens (tertiary/aromatic N) is 4. The van der Waals surface area contributed by atoms with E-state index in [2.05, 4.69) is 27.0 Å². The fraction of sp³-hybridized carbons (Fsp3) is 0.235. The fourth-order valence-electron chi connectivity index (χ4n) is 5.63. The monoisotopic (exact) mass is 639 g/mol. The average Bonchev–Trinajstić information content (AvgIpc) is 3.68. The predicted molar refractivity (Wildman–Crippen MR) is 170 cm³/mol. The maximum Gasteiger partial charge on any atom is 0.407 e. The van der Waals surface area contributed by atoms with E-state index in [0.29, 0.717) is 42.4 Å². The van der Waals surface area contributed by atoms with Gasteiger partial charge in [-0.2, -0.15) is 0 Å². The Bertz CT molecular complexity index is 1830. The quantitative estimate of drug-likeness (QED) is 0.279. The lowest BCUT2D eigenvalue weighted by atomic mass is 10.0. The van der Waals surface area contributed by atoms with Crippen molar-refractivity contribution in [1.82, 2.24) is 19.7 Å². The van der Waals surface area contributed by atoms with Crippen LogP contribution in [0.1, 0.15) is 44.2 Å². The van der Waals surface area contributed by atoms with Gasteiger partial charge < -0.3 is 19.6 Å². The Morgan fingerprint density at radius 3 is 2.48 bits per heavy atom. The molecule has 1 unspecified atom stereocenters. The summed E-state index contributed by atoms with van der Waals surface area (Å²) in [6.07, 6.45) is 0.677. The van der Waals surface area contributed by atoms with Crippen molar-refractivity contribution in [3.63, 3.8) is 0 Å². The highest BCUT2D eigenvalue weighted by Crippen LogP contribution is 2.37. The minimum Gasteiger partial charge on any atom is -0.496 e. The highest BCUT2D eigenvalue weighted by atomic mass is 32.1. The zero-order valence-corrected chi connectivity index (χ0v) is 25.7. The van der Waals surface area contributed by atoms with Crippen LogP contribution in [0.3, 0.4) is 0 Å². The number of carbonyl (C=O) groups is 3. The predicted octanol–water partition coefficient (Wildman–Crippen LogP) is 4.82. The number of nitrogens with one attached hydrogen (secondary N) is 1. The highest BCUT2D eigenvalue weighted by Gasteiger charge is 2.39. The molecule has 0 radical (unpaired) electrons. The molecule has 1 aromatic heterocycles. The fourth-order valence-corrected chi connectivity index (χ4v) is 6.16. The summed E-state index contributed by atoms with van der Waals surface area (Å²) in [7, 11) is 1.43. The molecule has 1 atom stereocenters. The van der Waals surface area contributed by atoms with E-state index >= 15 is 0 Å². The van der Waals surface area contributed by atoms with Gasteiger partial charge in [-0.05, 0) is 53.6 Å². The third-order valence-electron chi connectivity index (χ3n) is 8.00. The molecule has 2 aliphatic heterocycles. The number of hydrogen-bond donors (Lipinski definition) is 2. The molecule has 234 valence electrons. The number of halogens is 1. The van der Waals surface area contributed by atoms with Crippen LogP contribution in [0.5, 0.6) is 5.75 Å². The Morgan fingerprint density at radius 1 is 1.04 bits per heavy atom. The molecule has 6 rings (SSSR count). The Labute approximate surface area is 269 Å². The molecule has 3 amide bonds. The summed E-state index contributed by atoms with van der Waals surface area (Å²) in [5, 5.41) is 14.0. The Kier molecular flexibility index (Phi) is 8.96. The lowest BCUT2D eigenvalue weighted by molar-refractivity contribution is -0.120. The topological polar surface area (TPSA) is 115 Å². The first-order valence-corrected chi connectivity index (χ1v) is 15.5. The number of rotatable bonds is 7. The Hall–Kier alpha value is -5.25. The van der Waals surface area contributed by atoms with Crippen molar-refractivity contribution in [2.75, 3.05) is 38.6 Å². The number of carboxylic acid groups (broad SMARTS) is 1. The van der Waals surface area contributed by atoms with Gasteiger partial charge in [-0.3, -0.25) is 19.8 Å². The first-order chi connectivity index (χ1) is 22.3. The van der Waals surface area contributed by atoms with Crippen molar-refractivity contribution in [1.29, 1.82) is 0 Å². The molecule has 2 N–H and O–H groups in total. The summed E-state index contributed by atoms with van der Waals surface area (Å²) in [6, 6.07) is 16.0. The lowest BCUT2D eigenvalue weighted by Crippen LogP contribution is -2.47. The number of ether oxygens (including phenoxy) is 1. The van der Waals surface area contributed by atoms with Gasteiger partial charge >= 0.3 is 6.09 Å². The van der Waals surface area contributed by atoms with Crippen molar-refractivity contribution in [2.24, 2.45) is 0 Å². The molecular weight excluding hydrogens is 609 g/mol. The molecule has 0 spiro atoms. The van der Waals surface area contributed by atoms with Crippen LogP contribution in [0.4, 0.5) is 14.3 Å². The van der Waals surface area contributed by atoms with Gasteiger partial charge in [0, 0.05) is 73.1 Å². The second-order valence-electron chi connectivity index (χ2n) is 10.9. The molecule has 12 heteroatoms. The lowest BCUT2D eigenvalue weighted by Gasteiger charge is -2.33. The molecule has 0 bridgehead atoms. The molecule has 0 saturated carbocycles. The molecule has 2 aliphatic rings. The summed E-state index contributed by atoms with van der Waals surface area (Å²) < 4.78 is 19.9. The first-order valence-electron chi connectivity index (χ1n) is 14.6. The summed E-state index contributed by atoms with van der Waals surface area (Å²) in [5.74, 6) is 5.09. The number of piperazine rings is 1. The van der Waals surface area contributed by atoms with Crippen LogP contribution in [0.15, 0.2) is 72.2 Å². The van der Waals surface area contributed by atoms with E-state index in [9.17, 15) is 18.8 Å². The van der Waals surface area contributed by atoms with Gasteiger partial charge in [-0.25, -0.2) is 14.2 Å². The van der Waals surface area contributed by atoms with Crippen molar-refractivity contribution in [2.45, 2.75) is 19.1 Å². The summed E-state index contributed by atoms with van der Waals surface area (Å²) in [4.78, 5) is 47.7. The van der Waals surface area contributed by atoms with Crippen LogP contribution in [-0.4, -0.2) is 76.0 Å². The largest absolute Gasteiger partial charge is 0.496 e. The number of carbonyl (C=O) groups excluding carboxylic acids is 2. The van der Waals surface area contributed by atoms with Crippen LogP contribution in [0, 0.1) is 17.7 Å². The molecule has 3 heterocycles. The molecule has 3 aromatic carbocycles. The van der Waals surface area contributed by atoms with E-state index in [4.69, 9.17) is 9.84 Å². The minimum atomic E-state index is -1.18. The number of aromatic nitrogens is 1. The van der Waals surface area contributed by atoms with Crippen LogP contribution in [0.25, 0.3) is 0 Å². The summed E-state index contributed by atoms with van der Waals surface area (Å²) >= 11 is 1.23. The third kappa shape index (κ3) is 6.71. The van der Waals surface area contributed by atoms with Crippen LogP contribution < -0.4 is 10.1 Å². The maximum atomic E-state index is 14.4. The van der Waals surface area contributed by atoms with Crippen molar-refractivity contribution < 1.29 is 28.6 Å². The summed E-state index contributed by atoms with van der Waals surface area (Å²) in [5.41, 5.74) is 3.94. The van der Waals surface area contributed by atoms with Crippen LogP contribution in [-0.2, 0) is 17.9 Å². The summed E-state index contributed by atoms with van der Waals surface area (Å²) in [6.45, 7) is 3.25. The van der Waals surface area contributed by atoms with Crippen molar-refractivity contribution in [3.8, 4) is 17.6 Å². The molecule has 1 fully saturated rings. The molecule has 4 aromatic rings. The second kappa shape index (κ2) is 13.4. The number of methoxy groups -OCH3 is 1. The second-order valence-corrected chi connectivity index (χ2v) is 11.8. The van der Waals surface area contributed by atoms with Gasteiger partial charge in [0.05, 0.1) is 7.11 Å². The number of amides is 3. The molecule has 46 heavy (non-hydrogen) atoms. The van der Waals surface area contributed by atoms with E-state index in [0.717, 1.165) is 23.2 Å². The van der Waals surface area contributed by atoms with Gasteiger partial charge in [0.25, 0.3) is 11.8 Å². The minimum absolute atomic E-state index is 0.143. The van der Waals surface area contributed by atoms with Gasteiger partial charge in [0.2, 0.25) is 0 Å². The third-order valence-corrected chi connectivity index (χ3v) is 8.69. The number of fused-ring (bicyclic) bond motifs is 1. The molecular formula is C34H30FN5O5S. The van der Waals surface area contributed by atoms with E-state index in [1.807, 2.05) is 36.4 Å². The SMILES string of the molecule is COc1ccc(F)cc1C(C(=O)Nc1nccs1)N1Cc2ccc(C#Cc3ccc(CN4CCN(C(=O)O)CC4)cc3)cc2C1=O. The van der Waals surface area contributed by atoms with Crippen LogP contribution in [0.2, 0.25) is 0 Å². The van der Waals surface area contributed by atoms with E-state index in [-0.39, 0.29) is 23.8 Å². The number of hydrogen-bond acceptors (Lipinski definition) is 7. The van der Waals surface area contributed by atoms with Crippen LogP contribution >= 0.6 is 11.3 Å². The Balaban J connectivity index is 1.18. The smallest absolute Gasteiger partial charge is 0.407 e. The van der Waals surface area contributed by atoms with Gasteiger partial charge in [0.1, 0.15) is 17.6 Å². The molecule has 0 aliphatic carbocycles. The molecule has 10 nitrogen and oxygen atoms in total. The van der Waals surface area contributed by atoms with E-state index in [1.54, 1.807) is 17.6 Å². The molecule has 1 saturated heterocycles. The number of thiazole rings is 1. The van der Waals surface area contributed by atoms with E-state index < -0.39 is 23.9 Å². The highest BCUT2D eigenvalue weighted by molar-refractivity contribution is 7.13. The zero-order chi connectivity index (χ0) is 32.2. The average molecular weight is 640 g/mol. The standard InChI is InChI=1S/C34H30FN5O5S/c1-45-29-11-10-26(35)19-28(29)30(31(41)37-33-36-12-17-46-33)40-21-25-9-8-23(18-27(25)32(40)42)5-2-22-3-6-24(7-4-22)20-38-13-15-39(16-14-38)34(43)44/h3-4,6-12,17-19,30H,13-16,20-21H2,1H3,(H,43,44)(H,36,37,41). The maximum absolute atomic E-state index is 14.4. The number of benzene rings is 3. The van der Waals surface area contributed by atoms with E-state index in [1.165, 1.54) is 46.4 Å². The van der Waals surface area contributed by atoms with Crippen molar-refractivity contribution >= 4 is 34.4 Å². The van der Waals surface area contributed by atoms with Crippen molar-refractivity contribution in [3.05, 3.63) is 111 Å². The van der Waals surface area contributed by atoms with Gasteiger partial charge in [-0.1, -0.05) is 30.0 Å². The van der Waals surface area contributed by atoms with Gasteiger partial charge in [0.15, 0.2) is 5.13 Å².